The van der Waals surface area contributed by atoms with E-state index < -0.39 is 17.0 Å². The molecule has 0 heterocycles. The lowest BCUT2D eigenvalue weighted by molar-refractivity contribution is -0.137. The first-order valence-corrected chi connectivity index (χ1v) is 12.4. The predicted molar refractivity (Wildman–Crippen MR) is 135 cm³/mol. The minimum absolute atomic E-state index is 0.00388. The number of ether oxygens (including phenoxy) is 1. The van der Waals surface area contributed by atoms with Crippen molar-refractivity contribution in [2.45, 2.75) is 59.5 Å². The highest BCUT2D eigenvalue weighted by Crippen LogP contribution is 2.28. The van der Waals surface area contributed by atoms with Crippen LogP contribution in [0.5, 0.6) is 5.75 Å². The molecule has 0 spiro atoms. The molecule has 0 saturated carbocycles. The van der Waals surface area contributed by atoms with Gasteiger partial charge in [-0.05, 0) is 64.9 Å². The summed E-state index contributed by atoms with van der Waals surface area (Å²) in [6, 6.07) is 13.3. The monoisotopic (exact) mass is 485 g/mol. The molecule has 2 nitrogen and oxygen atoms in total. The Bertz CT molecular complexity index is 1010. The van der Waals surface area contributed by atoms with Gasteiger partial charge in [-0.3, -0.25) is 4.90 Å². The van der Waals surface area contributed by atoms with Crippen molar-refractivity contribution in [3.63, 3.8) is 0 Å². The Balaban J connectivity index is 1.99. The van der Waals surface area contributed by atoms with Crippen LogP contribution in [-0.2, 0) is 12.7 Å². The highest BCUT2D eigenvalue weighted by atomic mass is 28.2. The molecule has 6 heteroatoms. The number of alkyl halides is 3. The minimum Gasteiger partial charge on any atom is -0.492 e. The average Bonchev–Trinajstić information content (AvgIpc) is 2.71. The molecule has 0 unspecified atom stereocenters. The summed E-state index contributed by atoms with van der Waals surface area (Å²) >= 11 is 0. The third-order valence-corrected chi connectivity index (χ3v) is 6.12. The maximum atomic E-state index is 12.8. The van der Waals surface area contributed by atoms with E-state index in [1.807, 2.05) is 38.1 Å². The lowest BCUT2D eigenvalue weighted by atomic mass is 9.98. The van der Waals surface area contributed by atoms with Gasteiger partial charge in [0, 0.05) is 18.5 Å². The van der Waals surface area contributed by atoms with E-state index in [4.69, 9.17) is 4.74 Å². The van der Waals surface area contributed by atoms with Crippen molar-refractivity contribution >= 4 is 14.7 Å². The van der Waals surface area contributed by atoms with Crippen LogP contribution in [0.2, 0.25) is 0 Å². The zero-order chi connectivity index (χ0) is 25.4. The Morgan fingerprint density at radius 1 is 1.00 bits per heavy atom. The Labute approximate surface area is 205 Å². The summed E-state index contributed by atoms with van der Waals surface area (Å²) in [5.41, 5.74) is 0.502. The third-order valence-electron chi connectivity index (χ3n) is 4.79. The van der Waals surface area contributed by atoms with Crippen LogP contribution in [0.25, 0.3) is 0 Å². The van der Waals surface area contributed by atoms with Gasteiger partial charge in [0.1, 0.15) is 15.3 Å². The van der Waals surface area contributed by atoms with E-state index in [1.54, 1.807) is 0 Å². The van der Waals surface area contributed by atoms with Gasteiger partial charge in [-0.25, -0.2) is 0 Å². The Morgan fingerprint density at radius 2 is 1.68 bits per heavy atom. The van der Waals surface area contributed by atoms with Gasteiger partial charge in [-0.15, -0.1) is 0 Å². The molecule has 34 heavy (non-hydrogen) atoms. The van der Waals surface area contributed by atoms with Gasteiger partial charge in [0.25, 0.3) is 0 Å². The summed E-state index contributed by atoms with van der Waals surface area (Å²) in [5.74, 6) is 7.05. The van der Waals surface area contributed by atoms with Gasteiger partial charge in [0.15, 0.2) is 0 Å². The number of nitrogens with zero attached hydrogens (tertiary/aromatic N) is 1. The summed E-state index contributed by atoms with van der Waals surface area (Å²) in [5, 5.41) is 0.282. The number of allylic oxidation sites excluding steroid dienone is 1. The molecule has 0 aromatic heterocycles. The molecule has 182 valence electrons. The number of likely N-dealkylation sites (N-methyl/N-ethyl adjacent to an activating group) is 1. The molecule has 0 saturated heterocycles. The van der Waals surface area contributed by atoms with Crippen molar-refractivity contribution in [3.05, 3.63) is 71.8 Å². The second-order valence-corrected chi connectivity index (χ2v) is 11.7. The number of hydrogen-bond acceptors (Lipinski definition) is 2. The molecule has 2 aromatic rings. The summed E-state index contributed by atoms with van der Waals surface area (Å²) in [6.45, 7) is 14.8. The van der Waals surface area contributed by atoms with E-state index in [1.165, 1.54) is 12.1 Å². The molecule has 2 radical (unpaired) electrons. The Morgan fingerprint density at radius 3 is 2.26 bits per heavy atom. The standard InChI is InChI=1S/C28H34F3NOSi/c1-7-32(19-10-8-9-18-26(2,3)4)21-22-12-11-13-24(20-22)33-27(5,6)34-25-16-14-23(15-17-25)28(29,30)31/h8,10-17,20H,7,19,21H2,1-6H3/b10-8+. The summed E-state index contributed by atoms with van der Waals surface area (Å²) in [6.07, 6.45) is -0.328. The average molecular weight is 486 g/mol. The van der Waals surface area contributed by atoms with E-state index in [2.05, 4.69) is 56.6 Å². The second-order valence-electron chi connectivity index (χ2n) is 9.71. The van der Waals surface area contributed by atoms with Gasteiger partial charge >= 0.3 is 6.18 Å². The number of halogens is 3. The fourth-order valence-electron chi connectivity index (χ4n) is 3.20. The molecular weight excluding hydrogens is 451 g/mol. The summed E-state index contributed by atoms with van der Waals surface area (Å²) in [4.78, 5) is 2.31. The molecule has 0 fully saturated rings. The molecular formula is C28H34F3NOSi. The normalized spacial score (nSPS) is 12.6. The van der Waals surface area contributed by atoms with Crippen LogP contribution < -0.4 is 9.92 Å². The lowest BCUT2D eigenvalue weighted by Crippen LogP contribution is -2.42. The van der Waals surface area contributed by atoms with Crippen LogP contribution in [0.3, 0.4) is 0 Å². The first-order chi connectivity index (χ1) is 15.8. The largest absolute Gasteiger partial charge is 0.492 e. The highest BCUT2D eigenvalue weighted by molar-refractivity contribution is 6.56. The zero-order valence-corrected chi connectivity index (χ0v) is 21.9. The first-order valence-electron chi connectivity index (χ1n) is 11.4. The molecule has 0 aliphatic heterocycles. The maximum Gasteiger partial charge on any atom is 0.416 e. The Hall–Kier alpha value is -2.49. The van der Waals surface area contributed by atoms with Crippen LogP contribution in [0, 0.1) is 17.3 Å². The lowest BCUT2D eigenvalue weighted by Gasteiger charge is -2.27. The topological polar surface area (TPSA) is 12.5 Å². The van der Waals surface area contributed by atoms with Gasteiger partial charge < -0.3 is 4.74 Å². The fraction of sp³-hybridized carbons (Fsp3) is 0.429. The summed E-state index contributed by atoms with van der Waals surface area (Å²) in [7, 11) is 0.203. The number of rotatable bonds is 9. The van der Waals surface area contributed by atoms with Gasteiger partial charge in [-0.2, -0.15) is 13.2 Å². The van der Waals surface area contributed by atoms with E-state index in [-0.39, 0.29) is 14.9 Å². The molecule has 0 aliphatic carbocycles. The van der Waals surface area contributed by atoms with Crippen LogP contribution in [0.1, 0.15) is 52.7 Å². The molecule has 2 aromatic carbocycles. The SMILES string of the molecule is CCN(C/C=C/C#CC(C)(C)C)Cc1cccc(OC(C)(C)[Si]c2ccc(C(F)(F)F)cc2)c1. The predicted octanol–water partition coefficient (Wildman–Crippen LogP) is 6.28. The van der Waals surface area contributed by atoms with Crippen LogP contribution in [0.4, 0.5) is 13.2 Å². The van der Waals surface area contributed by atoms with Crippen LogP contribution in [-0.4, -0.2) is 32.7 Å². The van der Waals surface area contributed by atoms with Crippen molar-refractivity contribution in [2.24, 2.45) is 5.41 Å². The molecule has 0 bridgehead atoms. The molecule has 0 N–H and O–H groups in total. The van der Waals surface area contributed by atoms with Gasteiger partial charge in [-0.1, -0.05) is 66.4 Å². The van der Waals surface area contributed by atoms with E-state index in [0.717, 1.165) is 48.3 Å². The maximum absolute atomic E-state index is 12.8. The van der Waals surface area contributed by atoms with Crippen molar-refractivity contribution in [3.8, 4) is 17.6 Å². The number of benzene rings is 2. The minimum atomic E-state index is -4.32. The second kappa shape index (κ2) is 11.8. The van der Waals surface area contributed by atoms with Crippen LogP contribution >= 0.6 is 0 Å². The Kier molecular flexibility index (Phi) is 9.61. The van der Waals surface area contributed by atoms with Crippen molar-refractivity contribution in [1.29, 1.82) is 0 Å². The van der Waals surface area contributed by atoms with E-state index >= 15 is 0 Å². The highest BCUT2D eigenvalue weighted by Gasteiger charge is 2.30. The van der Waals surface area contributed by atoms with Crippen LogP contribution in [0.15, 0.2) is 60.7 Å². The van der Waals surface area contributed by atoms with Crippen molar-refractivity contribution < 1.29 is 17.9 Å². The first kappa shape index (κ1) is 27.7. The van der Waals surface area contributed by atoms with Crippen molar-refractivity contribution in [1.82, 2.24) is 4.90 Å². The third kappa shape index (κ3) is 10.2. The summed E-state index contributed by atoms with van der Waals surface area (Å²) < 4.78 is 44.7. The molecule has 0 aliphatic rings. The van der Waals surface area contributed by atoms with E-state index in [9.17, 15) is 13.2 Å². The van der Waals surface area contributed by atoms with Gasteiger partial charge in [0.2, 0.25) is 0 Å². The fourth-order valence-corrected chi connectivity index (χ4v) is 4.40. The van der Waals surface area contributed by atoms with Crippen molar-refractivity contribution in [2.75, 3.05) is 13.1 Å². The smallest absolute Gasteiger partial charge is 0.416 e. The molecule has 2 rings (SSSR count). The van der Waals surface area contributed by atoms with E-state index in [0.29, 0.717) is 0 Å². The van der Waals surface area contributed by atoms with Gasteiger partial charge in [0.05, 0.1) is 10.8 Å². The zero-order valence-electron chi connectivity index (χ0n) is 20.9. The quantitative estimate of drug-likeness (QED) is 0.306. The number of hydrogen-bond donors (Lipinski definition) is 0. The molecule has 0 atom stereocenters. The molecule has 0 amide bonds.